The van der Waals surface area contributed by atoms with Crippen LogP contribution in [0.25, 0.3) is 11.3 Å². The summed E-state index contributed by atoms with van der Waals surface area (Å²) in [7, 11) is 0. The van der Waals surface area contributed by atoms with Crippen LogP contribution in [0.15, 0.2) is 54.7 Å². The van der Waals surface area contributed by atoms with Crippen molar-refractivity contribution in [3.05, 3.63) is 71.9 Å². The molecule has 0 unspecified atom stereocenters. The van der Waals surface area contributed by atoms with Crippen LogP contribution in [0.5, 0.6) is 0 Å². The van der Waals surface area contributed by atoms with Crippen LogP contribution in [0.3, 0.4) is 0 Å². The predicted molar refractivity (Wildman–Crippen MR) is 119 cm³/mol. The fraction of sp³-hybridized carbons (Fsp3) is 0.360. The number of aromatic nitrogens is 2. The third-order valence-corrected chi connectivity index (χ3v) is 6.76. The van der Waals surface area contributed by atoms with Crippen LogP contribution < -0.4 is 4.90 Å². The first-order valence-corrected chi connectivity index (χ1v) is 11.1. The molecule has 1 aromatic heterocycles. The second-order valence-corrected chi connectivity index (χ2v) is 8.58. The first kappa shape index (κ1) is 20.7. The first-order chi connectivity index (χ1) is 15.6. The molecule has 32 heavy (non-hydrogen) atoms. The quantitative estimate of drug-likeness (QED) is 0.603. The standard InChI is InChI=1S/C25H25F2N5/c26-19-5-8-22(23(27)15-19)24-9-10-32(29-24)21-7-6-20(16-21)30-11-13-31(14-12-30)25-4-2-1-3-18(25)17-28/h1-5,8-10,15,20-21H,6-7,11-14,16H2/t20-,21-/m0/s1. The maximum absolute atomic E-state index is 14.1. The second-order valence-electron chi connectivity index (χ2n) is 8.58. The highest BCUT2D eigenvalue weighted by molar-refractivity contribution is 5.60. The van der Waals surface area contributed by atoms with Gasteiger partial charge in [-0.25, -0.2) is 8.78 Å². The minimum Gasteiger partial charge on any atom is -0.368 e. The molecule has 0 amide bonds. The molecule has 1 saturated carbocycles. The smallest absolute Gasteiger partial charge is 0.135 e. The van der Waals surface area contributed by atoms with Crippen molar-refractivity contribution in [1.29, 1.82) is 5.26 Å². The fourth-order valence-corrected chi connectivity index (χ4v) is 5.06. The number of hydrogen-bond donors (Lipinski definition) is 0. The summed E-state index contributed by atoms with van der Waals surface area (Å²) < 4.78 is 29.3. The highest BCUT2D eigenvalue weighted by atomic mass is 19.1. The van der Waals surface area contributed by atoms with Crippen molar-refractivity contribution in [2.45, 2.75) is 31.3 Å². The number of halogens is 2. The Morgan fingerprint density at radius 3 is 2.50 bits per heavy atom. The molecule has 2 fully saturated rings. The van der Waals surface area contributed by atoms with Crippen LogP contribution >= 0.6 is 0 Å². The Labute approximate surface area is 186 Å². The lowest BCUT2D eigenvalue weighted by Crippen LogP contribution is -2.50. The Hall–Kier alpha value is -3.24. The molecule has 5 nitrogen and oxygen atoms in total. The molecular formula is C25H25F2N5. The van der Waals surface area contributed by atoms with Crippen LogP contribution in [0.4, 0.5) is 14.5 Å². The van der Waals surface area contributed by atoms with Gasteiger partial charge in [-0.05, 0) is 49.6 Å². The Morgan fingerprint density at radius 1 is 0.938 bits per heavy atom. The van der Waals surface area contributed by atoms with Crippen molar-refractivity contribution >= 4 is 5.69 Å². The van der Waals surface area contributed by atoms with E-state index < -0.39 is 11.6 Å². The molecule has 0 N–H and O–H groups in total. The lowest BCUT2D eigenvalue weighted by molar-refractivity contribution is 0.183. The number of anilines is 1. The topological polar surface area (TPSA) is 48.1 Å². The highest BCUT2D eigenvalue weighted by Crippen LogP contribution is 2.34. The van der Waals surface area contributed by atoms with E-state index in [1.807, 2.05) is 35.1 Å². The van der Waals surface area contributed by atoms with Gasteiger partial charge in [0.25, 0.3) is 0 Å². The third-order valence-electron chi connectivity index (χ3n) is 6.76. The number of para-hydroxylation sites is 1. The average Bonchev–Trinajstić information content (AvgIpc) is 3.49. The number of rotatable bonds is 4. The SMILES string of the molecule is N#Cc1ccccc1N1CCN([C@H]2CC[C@H](n3ccc(-c4ccc(F)cc4F)n3)C2)CC1. The van der Waals surface area contributed by atoms with E-state index in [1.165, 1.54) is 12.1 Å². The molecular weight excluding hydrogens is 408 g/mol. The number of benzene rings is 2. The molecule has 7 heteroatoms. The summed E-state index contributed by atoms with van der Waals surface area (Å²) in [6.07, 6.45) is 5.07. The van der Waals surface area contributed by atoms with Gasteiger partial charge >= 0.3 is 0 Å². The van der Waals surface area contributed by atoms with Crippen molar-refractivity contribution in [2.24, 2.45) is 0 Å². The molecule has 5 rings (SSSR count). The van der Waals surface area contributed by atoms with Gasteiger partial charge in [-0.15, -0.1) is 0 Å². The number of nitrogens with zero attached hydrogens (tertiary/aromatic N) is 5. The number of hydrogen-bond acceptors (Lipinski definition) is 4. The lowest BCUT2D eigenvalue weighted by atomic mass is 10.1. The van der Waals surface area contributed by atoms with E-state index in [-0.39, 0.29) is 6.04 Å². The molecule has 2 aromatic carbocycles. The Balaban J connectivity index is 1.21. The lowest BCUT2D eigenvalue weighted by Gasteiger charge is -2.39. The largest absolute Gasteiger partial charge is 0.368 e. The summed E-state index contributed by atoms with van der Waals surface area (Å²) in [5.41, 5.74) is 2.62. The highest BCUT2D eigenvalue weighted by Gasteiger charge is 2.32. The van der Waals surface area contributed by atoms with Gasteiger partial charge in [-0.2, -0.15) is 10.4 Å². The van der Waals surface area contributed by atoms with E-state index in [0.717, 1.165) is 62.8 Å². The zero-order valence-electron chi connectivity index (χ0n) is 17.8. The van der Waals surface area contributed by atoms with Crippen LogP contribution in [0.2, 0.25) is 0 Å². The minimum absolute atomic E-state index is 0.287. The summed E-state index contributed by atoms with van der Waals surface area (Å²) in [6.45, 7) is 3.77. The van der Waals surface area contributed by atoms with E-state index in [0.29, 0.717) is 17.3 Å². The van der Waals surface area contributed by atoms with Gasteiger partial charge in [0.1, 0.15) is 17.7 Å². The van der Waals surface area contributed by atoms with Gasteiger partial charge in [0.2, 0.25) is 0 Å². The molecule has 1 aliphatic carbocycles. The third kappa shape index (κ3) is 3.98. The van der Waals surface area contributed by atoms with Crippen molar-refractivity contribution < 1.29 is 8.78 Å². The molecule has 2 heterocycles. The Bertz CT molecular complexity index is 1140. The van der Waals surface area contributed by atoms with Crippen LogP contribution in [-0.4, -0.2) is 46.9 Å². The van der Waals surface area contributed by atoms with Crippen LogP contribution in [0, 0.1) is 23.0 Å². The summed E-state index contributed by atoms with van der Waals surface area (Å²) >= 11 is 0. The molecule has 2 atom stereocenters. The zero-order chi connectivity index (χ0) is 22.1. The van der Waals surface area contributed by atoms with Gasteiger partial charge in [-0.1, -0.05) is 12.1 Å². The van der Waals surface area contributed by atoms with E-state index in [9.17, 15) is 14.0 Å². The molecule has 0 radical (unpaired) electrons. The molecule has 3 aromatic rings. The van der Waals surface area contributed by atoms with Crippen molar-refractivity contribution in [1.82, 2.24) is 14.7 Å². The Morgan fingerprint density at radius 2 is 1.72 bits per heavy atom. The first-order valence-electron chi connectivity index (χ1n) is 11.1. The molecule has 2 aliphatic rings. The molecule has 0 spiro atoms. The van der Waals surface area contributed by atoms with E-state index in [1.54, 1.807) is 6.07 Å². The molecule has 1 aliphatic heterocycles. The molecule has 0 bridgehead atoms. The van der Waals surface area contributed by atoms with Crippen LogP contribution in [0.1, 0.15) is 30.9 Å². The van der Waals surface area contributed by atoms with Crippen molar-refractivity contribution in [3.8, 4) is 17.3 Å². The van der Waals surface area contributed by atoms with Crippen molar-refractivity contribution in [3.63, 3.8) is 0 Å². The van der Waals surface area contributed by atoms with Gasteiger partial charge < -0.3 is 4.90 Å². The second kappa shape index (κ2) is 8.71. The van der Waals surface area contributed by atoms with Crippen LogP contribution in [-0.2, 0) is 0 Å². The monoisotopic (exact) mass is 433 g/mol. The Kier molecular flexibility index (Phi) is 5.62. The summed E-state index contributed by atoms with van der Waals surface area (Å²) in [5, 5.41) is 14.0. The van der Waals surface area contributed by atoms with Gasteiger partial charge in [0, 0.05) is 50.0 Å². The number of nitriles is 1. The van der Waals surface area contributed by atoms with E-state index >= 15 is 0 Å². The fourth-order valence-electron chi connectivity index (χ4n) is 5.06. The normalized spacial score (nSPS) is 21.6. The summed E-state index contributed by atoms with van der Waals surface area (Å²) in [6, 6.07) is 16.3. The molecule has 1 saturated heterocycles. The zero-order valence-corrected chi connectivity index (χ0v) is 17.8. The van der Waals surface area contributed by atoms with Crippen molar-refractivity contribution in [2.75, 3.05) is 31.1 Å². The summed E-state index contributed by atoms with van der Waals surface area (Å²) in [4.78, 5) is 4.86. The average molecular weight is 434 g/mol. The predicted octanol–water partition coefficient (Wildman–Crippen LogP) is 4.62. The van der Waals surface area contributed by atoms with Gasteiger partial charge in [0.15, 0.2) is 0 Å². The molecule has 164 valence electrons. The summed E-state index contributed by atoms with van der Waals surface area (Å²) in [5.74, 6) is -1.17. The minimum atomic E-state index is -0.588. The van der Waals surface area contributed by atoms with Gasteiger partial charge in [0.05, 0.1) is 23.0 Å². The van der Waals surface area contributed by atoms with E-state index in [4.69, 9.17) is 0 Å². The van der Waals surface area contributed by atoms with E-state index in [2.05, 4.69) is 21.0 Å². The maximum Gasteiger partial charge on any atom is 0.135 e. The maximum atomic E-state index is 14.1. The number of piperazine rings is 1. The van der Waals surface area contributed by atoms with Gasteiger partial charge in [-0.3, -0.25) is 9.58 Å².